The molecule has 0 spiro atoms. The third kappa shape index (κ3) is 8.29. The van der Waals surface area contributed by atoms with Crippen molar-refractivity contribution in [2.45, 2.75) is 25.9 Å². The lowest BCUT2D eigenvalue weighted by molar-refractivity contribution is -0.127. The summed E-state index contributed by atoms with van der Waals surface area (Å²) in [5.74, 6) is 1.30. The molecule has 1 amide bonds. The van der Waals surface area contributed by atoms with E-state index in [2.05, 4.69) is 27.8 Å². The summed E-state index contributed by atoms with van der Waals surface area (Å²) in [5, 5.41) is 6.52. The lowest BCUT2D eigenvalue weighted by Gasteiger charge is -2.19. The summed E-state index contributed by atoms with van der Waals surface area (Å²) >= 11 is 0. The van der Waals surface area contributed by atoms with Crippen molar-refractivity contribution in [3.8, 4) is 5.75 Å². The topological polar surface area (TPSA) is 66.0 Å². The second-order valence-electron chi connectivity index (χ2n) is 7.87. The fraction of sp³-hybridized carbons (Fsp3) is 0.417. The number of carbonyl (C=O) groups is 1. The molecule has 1 aliphatic rings. The number of benzene rings is 2. The lowest BCUT2D eigenvalue weighted by atomic mass is 10.1. The van der Waals surface area contributed by atoms with Crippen molar-refractivity contribution >= 4 is 35.8 Å². The summed E-state index contributed by atoms with van der Waals surface area (Å²) in [5.41, 5.74) is 1.25. The van der Waals surface area contributed by atoms with Gasteiger partial charge in [0, 0.05) is 45.1 Å². The number of guanidine groups is 1. The van der Waals surface area contributed by atoms with Gasteiger partial charge in [0.15, 0.2) is 5.96 Å². The highest BCUT2D eigenvalue weighted by atomic mass is 127. The third-order valence-corrected chi connectivity index (χ3v) is 5.28. The summed E-state index contributed by atoms with van der Waals surface area (Å²) < 4.78 is 19.0. The molecule has 0 radical (unpaired) electrons. The third-order valence-electron chi connectivity index (χ3n) is 5.28. The van der Waals surface area contributed by atoms with Gasteiger partial charge in [-0.1, -0.05) is 36.4 Å². The number of ether oxygens (including phenoxy) is 1. The van der Waals surface area contributed by atoms with Gasteiger partial charge >= 0.3 is 0 Å². The van der Waals surface area contributed by atoms with E-state index in [1.807, 2.05) is 30.0 Å². The first-order valence-electron chi connectivity index (χ1n) is 10.7. The van der Waals surface area contributed by atoms with Crippen LogP contribution in [0.15, 0.2) is 59.6 Å². The molecular weight excluding hydrogens is 522 g/mol. The molecule has 1 saturated heterocycles. The molecule has 0 aromatic heterocycles. The number of hydrogen-bond donors (Lipinski definition) is 2. The monoisotopic (exact) mass is 554 g/mol. The van der Waals surface area contributed by atoms with E-state index in [0.29, 0.717) is 31.2 Å². The van der Waals surface area contributed by atoms with Crippen LogP contribution < -0.4 is 15.4 Å². The quantitative estimate of drug-likeness (QED) is 0.283. The van der Waals surface area contributed by atoms with Crippen molar-refractivity contribution in [3.05, 3.63) is 66.0 Å². The van der Waals surface area contributed by atoms with Gasteiger partial charge in [0.25, 0.3) is 0 Å². The molecule has 1 aliphatic heterocycles. The average molecular weight is 554 g/mol. The Bertz CT molecular complexity index is 881. The maximum absolute atomic E-state index is 13.3. The van der Waals surface area contributed by atoms with Crippen LogP contribution in [0.1, 0.15) is 18.9 Å². The van der Waals surface area contributed by atoms with Gasteiger partial charge in [-0.25, -0.2) is 4.39 Å². The minimum absolute atomic E-state index is 0. The van der Waals surface area contributed by atoms with Crippen LogP contribution in [0.5, 0.6) is 5.75 Å². The van der Waals surface area contributed by atoms with Crippen LogP contribution in [-0.2, 0) is 11.2 Å². The molecule has 2 N–H and O–H groups in total. The number of carbonyl (C=O) groups excluding carboxylic acids is 1. The van der Waals surface area contributed by atoms with Gasteiger partial charge in [0.2, 0.25) is 5.91 Å². The molecule has 32 heavy (non-hydrogen) atoms. The first-order chi connectivity index (χ1) is 15.0. The fourth-order valence-electron chi connectivity index (χ4n) is 3.63. The molecule has 0 bridgehead atoms. The summed E-state index contributed by atoms with van der Waals surface area (Å²) in [6.07, 6.45) is 1.26. The number of likely N-dealkylation sites (tertiary alicyclic amines) is 1. The van der Waals surface area contributed by atoms with Crippen LogP contribution >= 0.6 is 24.0 Å². The van der Waals surface area contributed by atoms with Crippen molar-refractivity contribution in [1.29, 1.82) is 0 Å². The highest BCUT2D eigenvalue weighted by Gasteiger charge is 2.29. The molecule has 3 rings (SSSR count). The molecule has 2 unspecified atom stereocenters. The molecule has 2 atom stereocenters. The van der Waals surface area contributed by atoms with Crippen LogP contribution in [0, 0.1) is 11.7 Å². The minimum atomic E-state index is -0.320. The van der Waals surface area contributed by atoms with Gasteiger partial charge in [-0.15, -0.1) is 24.0 Å². The number of rotatable bonds is 9. The predicted molar refractivity (Wildman–Crippen MR) is 136 cm³/mol. The summed E-state index contributed by atoms with van der Waals surface area (Å²) in [4.78, 5) is 18.5. The van der Waals surface area contributed by atoms with E-state index in [0.717, 1.165) is 19.5 Å². The van der Waals surface area contributed by atoms with E-state index >= 15 is 0 Å². The second-order valence-corrected chi connectivity index (χ2v) is 7.87. The van der Waals surface area contributed by atoms with E-state index in [4.69, 9.17) is 4.74 Å². The number of hydrogen-bond acceptors (Lipinski definition) is 3. The van der Waals surface area contributed by atoms with E-state index in [1.54, 1.807) is 19.2 Å². The zero-order valence-corrected chi connectivity index (χ0v) is 20.9. The van der Waals surface area contributed by atoms with Gasteiger partial charge in [0.1, 0.15) is 17.7 Å². The maximum Gasteiger partial charge on any atom is 0.223 e. The van der Waals surface area contributed by atoms with Crippen molar-refractivity contribution in [2.24, 2.45) is 10.9 Å². The Labute approximate surface area is 206 Å². The standard InChI is InChI=1S/C24H31FN4O2.HI/c1-18(31-22-10-6-9-21(25)14-22)15-27-24(26-2)28-16-20-13-23(30)29(17-20)12-11-19-7-4-3-5-8-19;/h3-10,14,18,20H,11-13,15-17H2,1-2H3,(H2,26,27,28);1H. The molecule has 0 saturated carbocycles. The lowest BCUT2D eigenvalue weighted by Crippen LogP contribution is -2.43. The van der Waals surface area contributed by atoms with Gasteiger partial charge in [-0.3, -0.25) is 9.79 Å². The van der Waals surface area contributed by atoms with Crippen LogP contribution in [0.25, 0.3) is 0 Å². The number of amides is 1. The Morgan fingerprint density at radius 2 is 2.00 bits per heavy atom. The first kappa shape index (κ1) is 25.9. The van der Waals surface area contributed by atoms with Crippen molar-refractivity contribution < 1.29 is 13.9 Å². The van der Waals surface area contributed by atoms with Crippen LogP contribution in [0.3, 0.4) is 0 Å². The molecule has 174 valence electrons. The summed E-state index contributed by atoms with van der Waals surface area (Å²) in [6.45, 7) is 4.61. The molecule has 6 nitrogen and oxygen atoms in total. The van der Waals surface area contributed by atoms with Gasteiger partial charge < -0.3 is 20.3 Å². The molecule has 2 aromatic rings. The first-order valence-corrected chi connectivity index (χ1v) is 10.7. The van der Waals surface area contributed by atoms with Crippen LogP contribution in [-0.4, -0.2) is 56.1 Å². The number of nitrogens with one attached hydrogen (secondary N) is 2. The second kappa shape index (κ2) is 13.2. The summed E-state index contributed by atoms with van der Waals surface area (Å²) in [7, 11) is 1.71. The Morgan fingerprint density at radius 1 is 1.22 bits per heavy atom. The van der Waals surface area contributed by atoms with Crippen molar-refractivity contribution in [3.63, 3.8) is 0 Å². The summed E-state index contributed by atoms with van der Waals surface area (Å²) in [6, 6.07) is 16.3. The van der Waals surface area contributed by atoms with Crippen molar-refractivity contribution in [1.82, 2.24) is 15.5 Å². The van der Waals surface area contributed by atoms with Crippen LogP contribution in [0.4, 0.5) is 4.39 Å². The van der Waals surface area contributed by atoms with E-state index < -0.39 is 0 Å². The molecule has 2 aromatic carbocycles. The van der Waals surface area contributed by atoms with Gasteiger partial charge in [0.05, 0.1) is 6.54 Å². The molecule has 0 aliphatic carbocycles. The fourth-order valence-corrected chi connectivity index (χ4v) is 3.63. The number of halogens is 2. The largest absolute Gasteiger partial charge is 0.489 e. The maximum atomic E-state index is 13.3. The Hall–Kier alpha value is -2.36. The Kier molecular flexibility index (Phi) is 10.7. The molecule has 1 heterocycles. The van der Waals surface area contributed by atoms with E-state index in [9.17, 15) is 9.18 Å². The predicted octanol–water partition coefficient (Wildman–Crippen LogP) is 3.47. The SMILES string of the molecule is CN=C(NCC1CC(=O)N(CCc2ccccc2)C1)NCC(C)Oc1cccc(F)c1.I. The van der Waals surface area contributed by atoms with Crippen molar-refractivity contribution in [2.75, 3.05) is 33.2 Å². The molecular formula is C24H32FIN4O2. The normalized spacial score (nSPS) is 17.0. The smallest absolute Gasteiger partial charge is 0.223 e. The Morgan fingerprint density at radius 3 is 2.72 bits per heavy atom. The number of nitrogens with zero attached hydrogens (tertiary/aromatic N) is 2. The molecule has 1 fully saturated rings. The minimum Gasteiger partial charge on any atom is -0.489 e. The highest BCUT2D eigenvalue weighted by Crippen LogP contribution is 2.18. The van der Waals surface area contributed by atoms with Gasteiger partial charge in [-0.05, 0) is 31.0 Å². The van der Waals surface area contributed by atoms with Gasteiger partial charge in [-0.2, -0.15) is 0 Å². The van der Waals surface area contributed by atoms with E-state index in [-0.39, 0.29) is 47.7 Å². The Balaban J connectivity index is 0.00000363. The zero-order chi connectivity index (χ0) is 22.1. The van der Waals surface area contributed by atoms with Crippen LogP contribution in [0.2, 0.25) is 0 Å². The highest BCUT2D eigenvalue weighted by molar-refractivity contribution is 14.0. The average Bonchev–Trinajstić information content (AvgIpc) is 3.12. The zero-order valence-electron chi connectivity index (χ0n) is 18.6. The molecule has 8 heteroatoms. The number of aliphatic imine (C=N–C) groups is 1. The van der Waals surface area contributed by atoms with E-state index in [1.165, 1.54) is 17.7 Å².